The summed E-state index contributed by atoms with van der Waals surface area (Å²) >= 11 is 1.33. The van der Waals surface area contributed by atoms with Gasteiger partial charge in [0.05, 0.1) is 17.9 Å². The molecule has 0 saturated heterocycles. The molecule has 9 heteroatoms. The van der Waals surface area contributed by atoms with Gasteiger partial charge in [0.2, 0.25) is 12.7 Å². The highest BCUT2D eigenvalue weighted by atomic mass is 32.2. The molecule has 1 aliphatic rings. The Kier molecular flexibility index (Phi) is 5.30. The first-order valence-electron chi connectivity index (χ1n) is 8.96. The summed E-state index contributed by atoms with van der Waals surface area (Å²) in [7, 11) is 3.49. The summed E-state index contributed by atoms with van der Waals surface area (Å²) in [6.07, 6.45) is 0. The van der Waals surface area contributed by atoms with E-state index in [1.807, 2.05) is 42.8 Å². The summed E-state index contributed by atoms with van der Waals surface area (Å²) in [6.45, 7) is 2.02. The average Bonchev–Trinajstić information content (AvgIpc) is 3.34. The molecule has 1 amide bonds. The lowest BCUT2D eigenvalue weighted by Crippen LogP contribution is -2.22. The summed E-state index contributed by atoms with van der Waals surface area (Å²) < 4.78 is 17.9. The van der Waals surface area contributed by atoms with Crippen LogP contribution in [0.5, 0.6) is 17.2 Å². The molecule has 1 aliphatic heterocycles. The third kappa shape index (κ3) is 3.86. The van der Waals surface area contributed by atoms with Gasteiger partial charge in [-0.2, -0.15) is 0 Å². The number of benzene rings is 2. The Morgan fingerprint density at radius 1 is 1.21 bits per heavy atom. The van der Waals surface area contributed by atoms with Crippen LogP contribution in [0.3, 0.4) is 0 Å². The van der Waals surface area contributed by atoms with Crippen LogP contribution in [0.1, 0.15) is 6.92 Å². The number of aromatic nitrogens is 3. The van der Waals surface area contributed by atoms with Crippen molar-refractivity contribution in [3.63, 3.8) is 0 Å². The first-order valence-corrected chi connectivity index (χ1v) is 9.84. The number of carbonyl (C=O) groups is 1. The van der Waals surface area contributed by atoms with E-state index in [9.17, 15) is 4.79 Å². The molecule has 29 heavy (non-hydrogen) atoms. The Morgan fingerprint density at radius 2 is 2.00 bits per heavy atom. The number of para-hydroxylation sites is 1. The molecule has 0 fully saturated rings. The monoisotopic (exact) mass is 412 g/mol. The summed E-state index contributed by atoms with van der Waals surface area (Å²) in [5.41, 5.74) is 1.49. The van der Waals surface area contributed by atoms with Crippen molar-refractivity contribution in [2.45, 2.75) is 17.3 Å². The molecule has 0 spiro atoms. The van der Waals surface area contributed by atoms with Gasteiger partial charge < -0.3 is 24.1 Å². The average molecular weight is 412 g/mol. The minimum atomic E-state index is -0.381. The van der Waals surface area contributed by atoms with E-state index in [0.29, 0.717) is 33.9 Å². The van der Waals surface area contributed by atoms with Gasteiger partial charge in [-0.05, 0) is 31.2 Å². The smallest absolute Gasteiger partial charge is 0.237 e. The number of anilines is 1. The van der Waals surface area contributed by atoms with Gasteiger partial charge in [-0.1, -0.05) is 23.9 Å². The highest BCUT2D eigenvalue weighted by molar-refractivity contribution is 8.00. The van der Waals surface area contributed by atoms with E-state index in [-0.39, 0.29) is 18.0 Å². The lowest BCUT2D eigenvalue weighted by molar-refractivity contribution is -0.115. The molecule has 1 unspecified atom stereocenters. The van der Waals surface area contributed by atoms with Crippen LogP contribution < -0.4 is 19.5 Å². The Labute approximate surface area is 172 Å². The molecule has 4 rings (SSSR count). The fraction of sp³-hybridized carbons (Fsp3) is 0.250. The number of nitrogens with one attached hydrogen (secondary N) is 1. The van der Waals surface area contributed by atoms with Gasteiger partial charge in [0.15, 0.2) is 22.5 Å². The normalized spacial score (nSPS) is 13.2. The number of fused-ring (bicyclic) bond motifs is 1. The van der Waals surface area contributed by atoms with Crippen molar-refractivity contribution in [1.29, 1.82) is 0 Å². The van der Waals surface area contributed by atoms with Crippen molar-refractivity contribution in [3.05, 3.63) is 42.5 Å². The van der Waals surface area contributed by atoms with Crippen LogP contribution in [0.2, 0.25) is 0 Å². The summed E-state index contributed by atoms with van der Waals surface area (Å²) in [6, 6.07) is 12.9. The predicted molar refractivity (Wildman–Crippen MR) is 110 cm³/mol. The second-order valence-corrected chi connectivity index (χ2v) is 7.69. The number of ether oxygens (including phenoxy) is 3. The standard InChI is InChI=1S/C20H20N4O4S/c1-12(19(25)21-13-8-9-16-17(10-13)28-11-27-16)29-20-23-22-18(24(20)2)14-6-4-5-7-15(14)26-3/h4-10,12H,11H2,1-3H3,(H,21,25). The molecule has 1 N–H and O–H groups in total. The molecule has 150 valence electrons. The topological polar surface area (TPSA) is 87.5 Å². The summed E-state index contributed by atoms with van der Waals surface area (Å²) in [4.78, 5) is 12.6. The maximum absolute atomic E-state index is 12.6. The van der Waals surface area contributed by atoms with Crippen LogP contribution in [0.4, 0.5) is 5.69 Å². The number of amides is 1. The van der Waals surface area contributed by atoms with Gasteiger partial charge >= 0.3 is 0 Å². The van der Waals surface area contributed by atoms with E-state index in [4.69, 9.17) is 14.2 Å². The molecule has 1 atom stereocenters. The van der Waals surface area contributed by atoms with Crippen LogP contribution >= 0.6 is 11.8 Å². The Morgan fingerprint density at radius 3 is 2.83 bits per heavy atom. The van der Waals surface area contributed by atoms with Crippen molar-refractivity contribution < 1.29 is 19.0 Å². The largest absolute Gasteiger partial charge is 0.496 e. The number of rotatable bonds is 6. The van der Waals surface area contributed by atoms with E-state index in [2.05, 4.69) is 15.5 Å². The van der Waals surface area contributed by atoms with Crippen LogP contribution in [0, 0.1) is 0 Å². The number of methoxy groups -OCH3 is 1. The fourth-order valence-corrected chi connectivity index (χ4v) is 3.73. The van der Waals surface area contributed by atoms with Crippen molar-refractivity contribution >= 4 is 23.4 Å². The SMILES string of the molecule is COc1ccccc1-c1nnc(SC(C)C(=O)Nc2ccc3c(c2)OCO3)n1C. The first-order chi connectivity index (χ1) is 14.1. The zero-order valence-electron chi connectivity index (χ0n) is 16.2. The number of nitrogens with zero attached hydrogens (tertiary/aromatic N) is 3. The first kappa shape index (κ1) is 19.1. The lowest BCUT2D eigenvalue weighted by atomic mass is 10.2. The molecule has 2 heterocycles. The number of hydrogen-bond acceptors (Lipinski definition) is 7. The van der Waals surface area contributed by atoms with E-state index >= 15 is 0 Å². The Bertz CT molecular complexity index is 1050. The molecule has 2 aromatic carbocycles. The maximum atomic E-state index is 12.6. The minimum Gasteiger partial charge on any atom is -0.496 e. The van der Waals surface area contributed by atoms with Crippen molar-refractivity contribution in [1.82, 2.24) is 14.8 Å². The van der Waals surface area contributed by atoms with E-state index in [1.54, 1.807) is 25.3 Å². The molecule has 0 bridgehead atoms. The Hall–Kier alpha value is -3.20. The summed E-state index contributed by atoms with van der Waals surface area (Å²) in [5, 5.41) is 11.7. The van der Waals surface area contributed by atoms with Crippen LogP contribution in [-0.4, -0.2) is 39.8 Å². The highest BCUT2D eigenvalue weighted by Crippen LogP contribution is 2.35. The third-order valence-electron chi connectivity index (χ3n) is 4.47. The molecule has 0 saturated carbocycles. The Balaban J connectivity index is 1.46. The van der Waals surface area contributed by atoms with Crippen molar-refractivity contribution in [2.24, 2.45) is 7.05 Å². The van der Waals surface area contributed by atoms with Gasteiger partial charge in [-0.15, -0.1) is 10.2 Å². The van der Waals surface area contributed by atoms with Crippen LogP contribution in [-0.2, 0) is 11.8 Å². The number of hydrogen-bond donors (Lipinski definition) is 1. The van der Waals surface area contributed by atoms with Crippen LogP contribution in [0.15, 0.2) is 47.6 Å². The predicted octanol–water partition coefficient (Wildman–Crippen LogP) is 3.34. The molecule has 0 radical (unpaired) electrons. The van der Waals surface area contributed by atoms with Crippen LogP contribution in [0.25, 0.3) is 11.4 Å². The zero-order valence-corrected chi connectivity index (χ0v) is 17.0. The van der Waals surface area contributed by atoms with Crippen molar-refractivity contribution in [2.75, 3.05) is 19.2 Å². The van der Waals surface area contributed by atoms with Crippen molar-refractivity contribution in [3.8, 4) is 28.6 Å². The molecule has 0 aliphatic carbocycles. The molecule has 8 nitrogen and oxygen atoms in total. The zero-order chi connectivity index (χ0) is 20.4. The van der Waals surface area contributed by atoms with Gasteiger partial charge in [0.25, 0.3) is 0 Å². The van der Waals surface area contributed by atoms with E-state index in [0.717, 1.165) is 5.56 Å². The molecular weight excluding hydrogens is 392 g/mol. The van der Waals surface area contributed by atoms with E-state index < -0.39 is 0 Å². The number of carbonyl (C=O) groups excluding carboxylic acids is 1. The number of thioether (sulfide) groups is 1. The summed E-state index contributed by atoms with van der Waals surface area (Å²) in [5.74, 6) is 2.54. The highest BCUT2D eigenvalue weighted by Gasteiger charge is 2.21. The van der Waals surface area contributed by atoms with E-state index in [1.165, 1.54) is 11.8 Å². The van der Waals surface area contributed by atoms with Gasteiger partial charge in [0.1, 0.15) is 5.75 Å². The maximum Gasteiger partial charge on any atom is 0.237 e. The quantitative estimate of drug-likeness (QED) is 0.621. The second kappa shape index (κ2) is 8.04. The molecule has 3 aromatic rings. The molecular formula is C20H20N4O4S. The molecule has 1 aromatic heterocycles. The third-order valence-corrected chi connectivity index (χ3v) is 5.61. The fourth-order valence-electron chi connectivity index (χ4n) is 2.91. The lowest BCUT2D eigenvalue weighted by Gasteiger charge is -2.12. The minimum absolute atomic E-state index is 0.143. The van der Waals surface area contributed by atoms with Gasteiger partial charge in [-0.25, -0.2) is 0 Å². The second-order valence-electron chi connectivity index (χ2n) is 6.38. The van der Waals surface area contributed by atoms with Gasteiger partial charge in [0, 0.05) is 18.8 Å². The van der Waals surface area contributed by atoms with Gasteiger partial charge in [-0.3, -0.25) is 4.79 Å².